The molecule has 3 N–H and O–H groups in total. The fourth-order valence-corrected chi connectivity index (χ4v) is 1.25. The molecule has 0 bridgehead atoms. The molecule has 0 spiro atoms. The standard InChI is InChI=1S/C10H12ClNO/c1-7(13)10(12)6-8-3-2-4-9(11)5-8/h2-5,10,13H,1,6,12H2/t10-/m0/s1. The minimum absolute atomic E-state index is 0.0000227. The van der Waals surface area contributed by atoms with E-state index in [-0.39, 0.29) is 5.76 Å². The second-order valence-corrected chi connectivity index (χ2v) is 3.37. The van der Waals surface area contributed by atoms with Gasteiger partial charge in [0.05, 0.1) is 6.04 Å². The maximum absolute atomic E-state index is 9.00. The van der Waals surface area contributed by atoms with E-state index in [2.05, 4.69) is 6.58 Å². The predicted molar refractivity (Wildman–Crippen MR) is 54.9 cm³/mol. The van der Waals surface area contributed by atoms with Crippen LogP contribution in [0.25, 0.3) is 0 Å². The zero-order valence-electron chi connectivity index (χ0n) is 7.20. The minimum Gasteiger partial charge on any atom is -0.511 e. The van der Waals surface area contributed by atoms with Crippen LogP contribution in [0.3, 0.4) is 0 Å². The highest BCUT2D eigenvalue weighted by Crippen LogP contribution is 2.12. The SMILES string of the molecule is C=C(O)[C@@H](N)Cc1cccc(Cl)c1. The molecule has 1 aromatic carbocycles. The molecule has 0 saturated carbocycles. The number of halogens is 1. The largest absolute Gasteiger partial charge is 0.511 e. The fourth-order valence-electron chi connectivity index (χ4n) is 1.04. The Morgan fingerprint density at radius 1 is 1.62 bits per heavy atom. The third-order valence-electron chi connectivity index (χ3n) is 1.77. The van der Waals surface area contributed by atoms with Crippen molar-refractivity contribution in [2.75, 3.05) is 0 Å². The van der Waals surface area contributed by atoms with Crippen molar-refractivity contribution >= 4 is 11.6 Å². The zero-order chi connectivity index (χ0) is 9.84. The van der Waals surface area contributed by atoms with E-state index in [4.69, 9.17) is 22.4 Å². The van der Waals surface area contributed by atoms with Crippen molar-refractivity contribution < 1.29 is 5.11 Å². The Morgan fingerprint density at radius 3 is 2.85 bits per heavy atom. The lowest BCUT2D eigenvalue weighted by Crippen LogP contribution is -2.24. The first-order chi connectivity index (χ1) is 6.09. The molecule has 0 aliphatic carbocycles. The molecule has 1 rings (SSSR count). The molecule has 0 unspecified atom stereocenters. The van der Waals surface area contributed by atoms with Gasteiger partial charge < -0.3 is 10.8 Å². The van der Waals surface area contributed by atoms with E-state index in [0.717, 1.165) is 5.56 Å². The monoisotopic (exact) mass is 197 g/mol. The lowest BCUT2D eigenvalue weighted by molar-refractivity contribution is 0.368. The summed E-state index contributed by atoms with van der Waals surface area (Å²) in [5.74, 6) is -0.0000227. The summed E-state index contributed by atoms with van der Waals surface area (Å²) in [6.45, 7) is 3.37. The van der Waals surface area contributed by atoms with Crippen LogP contribution in [-0.4, -0.2) is 11.1 Å². The number of hydrogen-bond donors (Lipinski definition) is 2. The van der Waals surface area contributed by atoms with Crippen molar-refractivity contribution in [1.82, 2.24) is 0 Å². The van der Waals surface area contributed by atoms with E-state index in [0.29, 0.717) is 11.4 Å². The van der Waals surface area contributed by atoms with Crippen LogP contribution in [0, 0.1) is 0 Å². The van der Waals surface area contributed by atoms with Gasteiger partial charge in [0.15, 0.2) is 0 Å². The van der Waals surface area contributed by atoms with E-state index in [9.17, 15) is 0 Å². The summed E-state index contributed by atoms with van der Waals surface area (Å²) in [4.78, 5) is 0. The molecule has 0 aliphatic rings. The molecular weight excluding hydrogens is 186 g/mol. The van der Waals surface area contributed by atoms with Crippen LogP contribution in [0.5, 0.6) is 0 Å². The van der Waals surface area contributed by atoms with Gasteiger partial charge in [0.2, 0.25) is 0 Å². The zero-order valence-corrected chi connectivity index (χ0v) is 7.96. The Balaban J connectivity index is 2.69. The molecular formula is C10H12ClNO. The molecule has 0 saturated heterocycles. The Labute approximate surface area is 82.6 Å². The lowest BCUT2D eigenvalue weighted by atomic mass is 10.1. The number of aliphatic hydroxyl groups is 1. The van der Waals surface area contributed by atoms with Crippen LogP contribution >= 0.6 is 11.6 Å². The number of benzene rings is 1. The lowest BCUT2D eigenvalue weighted by Gasteiger charge is -2.09. The van der Waals surface area contributed by atoms with Gasteiger partial charge >= 0.3 is 0 Å². The smallest absolute Gasteiger partial charge is 0.102 e. The fraction of sp³-hybridized carbons (Fsp3) is 0.200. The van der Waals surface area contributed by atoms with E-state index in [1.807, 2.05) is 18.2 Å². The van der Waals surface area contributed by atoms with Gasteiger partial charge in [-0.3, -0.25) is 0 Å². The summed E-state index contributed by atoms with van der Waals surface area (Å²) in [5, 5.41) is 9.67. The first-order valence-corrected chi connectivity index (χ1v) is 4.35. The average molecular weight is 198 g/mol. The first-order valence-electron chi connectivity index (χ1n) is 3.97. The Hall–Kier alpha value is -0.990. The molecule has 0 amide bonds. The Bertz CT molecular complexity index is 312. The van der Waals surface area contributed by atoms with Gasteiger partial charge in [-0.1, -0.05) is 30.3 Å². The normalized spacial score (nSPS) is 12.5. The summed E-state index contributed by atoms with van der Waals surface area (Å²) < 4.78 is 0. The molecule has 0 heterocycles. The maximum Gasteiger partial charge on any atom is 0.102 e. The van der Waals surface area contributed by atoms with E-state index < -0.39 is 6.04 Å². The van der Waals surface area contributed by atoms with Crippen molar-refractivity contribution in [2.45, 2.75) is 12.5 Å². The van der Waals surface area contributed by atoms with Gasteiger partial charge in [-0.2, -0.15) is 0 Å². The quantitative estimate of drug-likeness (QED) is 0.731. The first kappa shape index (κ1) is 10.1. The summed E-state index contributed by atoms with van der Waals surface area (Å²) in [6, 6.07) is 6.96. The molecule has 70 valence electrons. The third-order valence-corrected chi connectivity index (χ3v) is 2.01. The van der Waals surface area contributed by atoms with E-state index in [1.165, 1.54) is 0 Å². The van der Waals surface area contributed by atoms with E-state index >= 15 is 0 Å². The summed E-state index contributed by atoms with van der Waals surface area (Å²) in [6.07, 6.45) is 0.551. The summed E-state index contributed by atoms with van der Waals surface area (Å²) >= 11 is 5.78. The predicted octanol–water partition coefficient (Wildman–Crippen LogP) is 2.28. The van der Waals surface area contributed by atoms with Gasteiger partial charge in [0, 0.05) is 5.02 Å². The highest BCUT2D eigenvalue weighted by molar-refractivity contribution is 6.30. The highest BCUT2D eigenvalue weighted by Gasteiger charge is 2.06. The highest BCUT2D eigenvalue weighted by atomic mass is 35.5. The maximum atomic E-state index is 9.00. The minimum atomic E-state index is -0.418. The number of hydrogen-bond acceptors (Lipinski definition) is 2. The number of aliphatic hydroxyl groups excluding tert-OH is 1. The van der Waals surface area contributed by atoms with Crippen LogP contribution in [0.1, 0.15) is 5.56 Å². The van der Waals surface area contributed by atoms with Crippen molar-refractivity contribution in [1.29, 1.82) is 0 Å². The summed E-state index contributed by atoms with van der Waals surface area (Å²) in [7, 11) is 0. The second kappa shape index (κ2) is 4.30. The molecule has 0 aromatic heterocycles. The topological polar surface area (TPSA) is 46.2 Å². The van der Waals surface area contributed by atoms with Gasteiger partial charge in [-0.15, -0.1) is 0 Å². The van der Waals surface area contributed by atoms with Crippen molar-refractivity contribution in [3.63, 3.8) is 0 Å². The third kappa shape index (κ3) is 3.09. The molecule has 3 heteroatoms. The van der Waals surface area contributed by atoms with Crippen molar-refractivity contribution in [2.24, 2.45) is 5.73 Å². The van der Waals surface area contributed by atoms with E-state index in [1.54, 1.807) is 6.07 Å². The molecule has 0 radical (unpaired) electrons. The number of nitrogens with two attached hydrogens (primary N) is 1. The average Bonchev–Trinajstić information content (AvgIpc) is 2.04. The van der Waals surface area contributed by atoms with Crippen LogP contribution in [0.15, 0.2) is 36.6 Å². The van der Waals surface area contributed by atoms with Crippen molar-refractivity contribution in [3.05, 3.63) is 47.2 Å². The molecule has 1 atom stereocenters. The van der Waals surface area contributed by atoms with Gasteiger partial charge in [0.1, 0.15) is 5.76 Å². The van der Waals surface area contributed by atoms with Crippen molar-refractivity contribution in [3.8, 4) is 0 Å². The molecule has 1 aromatic rings. The molecule has 0 aliphatic heterocycles. The molecule has 13 heavy (non-hydrogen) atoms. The van der Waals surface area contributed by atoms with Gasteiger partial charge in [0.25, 0.3) is 0 Å². The second-order valence-electron chi connectivity index (χ2n) is 2.93. The van der Waals surface area contributed by atoms with Crippen LogP contribution in [-0.2, 0) is 6.42 Å². The van der Waals surface area contributed by atoms with Gasteiger partial charge in [-0.25, -0.2) is 0 Å². The molecule has 2 nitrogen and oxygen atoms in total. The van der Waals surface area contributed by atoms with Gasteiger partial charge in [-0.05, 0) is 24.1 Å². The Kier molecular flexibility index (Phi) is 3.34. The van der Waals surface area contributed by atoms with Crippen LogP contribution in [0.4, 0.5) is 0 Å². The Morgan fingerprint density at radius 2 is 2.31 bits per heavy atom. The number of rotatable bonds is 3. The molecule has 0 fully saturated rings. The summed E-state index contributed by atoms with van der Waals surface area (Å²) in [5.41, 5.74) is 6.60. The van der Waals surface area contributed by atoms with Crippen LogP contribution in [0.2, 0.25) is 5.02 Å². The van der Waals surface area contributed by atoms with Crippen LogP contribution < -0.4 is 5.73 Å².